The summed E-state index contributed by atoms with van der Waals surface area (Å²) in [6.07, 6.45) is -4.48. The van der Waals surface area contributed by atoms with Crippen LogP contribution in [0.3, 0.4) is 0 Å². The lowest BCUT2D eigenvalue weighted by Crippen LogP contribution is -2.14. The number of amides is 1. The van der Waals surface area contributed by atoms with Gasteiger partial charge in [-0.25, -0.2) is 4.98 Å². The largest absolute Gasteiger partial charge is 0.416 e. The first-order chi connectivity index (χ1) is 13.8. The summed E-state index contributed by atoms with van der Waals surface area (Å²) >= 11 is 1.56. The molecule has 0 spiro atoms. The van der Waals surface area contributed by atoms with Crippen LogP contribution in [0.15, 0.2) is 66.7 Å². The second-order valence-corrected chi connectivity index (χ2v) is 7.80. The van der Waals surface area contributed by atoms with E-state index in [-0.39, 0.29) is 5.69 Å². The number of hydrogen-bond acceptors (Lipinski definition) is 3. The molecule has 0 unspecified atom stereocenters. The number of rotatable bonds is 3. The maximum atomic E-state index is 13.0. The monoisotopic (exact) mass is 412 g/mol. The molecule has 2 aromatic heterocycles. The number of aryl methyl sites for hydroxylation is 1. The van der Waals surface area contributed by atoms with E-state index >= 15 is 0 Å². The van der Waals surface area contributed by atoms with Crippen LogP contribution in [0.1, 0.15) is 20.8 Å². The van der Waals surface area contributed by atoms with Gasteiger partial charge in [-0.15, -0.1) is 11.3 Å². The summed E-state index contributed by atoms with van der Waals surface area (Å²) in [5.41, 5.74) is 0.916. The lowest BCUT2D eigenvalue weighted by Gasteiger charge is -2.12. The van der Waals surface area contributed by atoms with Gasteiger partial charge in [0.2, 0.25) is 0 Å². The first-order valence-electron chi connectivity index (χ1n) is 8.76. The molecule has 4 rings (SSSR count). The number of thiophene rings is 1. The van der Waals surface area contributed by atoms with Crippen LogP contribution in [-0.4, -0.2) is 10.9 Å². The third-order valence-corrected chi connectivity index (χ3v) is 5.42. The molecule has 1 amide bonds. The van der Waals surface area contributed by atoms with E-state index < -0.39 is 17.6 Å². The van der Waals surface area contributed by atoms with Crippen LogP contribution in [0, 0.1) is 6.92 Å². The van der Waals surface area contributed by atoms with Gasteiger partial charge in [-0.1, -0.05) is 24.3 Å². The van der Waals surface area contributed by atoms with E-state index in [0.717, 1.165) is 21.9 Å². The molecular formula is C22H15F3N2OS. The fourth-order valence-corrected chi connectivity index (χ4v) is 3.86. The Morgan fingerprint density at radius 2 is 1.79 bits per heavy atom. The van der Waals surface area contributed by atoms with E-state index in [0.29, 0.717) is 22.2 Å². The van der Waals surface area contributed by atoms with E-state index in [1.165, 1.54) is 12.1 Å². The Morgan fingerprint density at radius 3 is 2.52 bits per heavy atom. The normalized spacial score (nSPS) is 11.6. The zero-order chi connectivity index (χ0) is 20.6. The number of hydrogen-bond donors (Lipinski definition) is 1. The lowest BCUT2D eigenvalue weighted by molar-refractivity contribution is -0.137. The van der Waals surface area contributed by atoms with Crippen molar-refractivity contribution in [1.29, 1.82) is 0 Å². The van der Waals surface area contributed by atoms with E-state index in [2.05, 4.69) is 10.3 Å². The average molecular weight is 412 g/mol. The SMILES string of the molecule is Cc1ccc(-c2cc(C(=O)Nc3cccc(C(F)(F)F)c3)c3ccccc3n2)s1. The first kappa shape index (κ1) is 19.1. The van der Waals surface area contributed by atoms with Crippen molar-refractivity contribution in [3.05, 3.63) is 82.7 Å². The molecule has 146 valence electrons. The number of fused-ring (bicyclic) bond motifs is 1. The summed E-state index contributed by atoms with van der Waals surface area (Å²) in [5.74, 6) is -0.488. The number of para-hydroxylation sites is 1. The van der Waals surface area contributed by atoms with E-state index in [1.54, 1.807) is 35.6 Å². The number of halogens is 3. The van der Waals surface area contributed by atoms with Crippen molar-refractivity contribution in [3.8, 4) is 10.6 Å². The van der Waals surface area contributed by atoms with Gasteiger partial charge in [0.1, 0.15) is 0 Å². The number of carbonyl (C=O) groups excluding carboxylic acids is 1. The Balaban J connectivity index is 1.76. The number of pyridine rings is 1. The fraction of sp³-hybridized carbons (Fsp3) is 0.0909. The fourth-order valence-electron chi connectivity index (χ4n) is 3.03. The smallest absolute Gasteiger partial charge is 0.322 e. The van der Waals surface area contributed by atoms with Crippen LogP contribution in [0.25, 0.3) is 21.5 Å². The highest BCUT2D eigenvalue weighted by Gasteiger charge is 2.30. The number of anilines is 1. The molecule has 1 N–H and O–H groups in total. The third kappa shape index (κ3) is 4.00. The van der Waals surface area contributed by atoms with Gasteiger partial charge < -0.3 is 5.32 Å². The first-order valence-corrected chi connectivity index (χ1v) is 9.58. The number of carbonyl (C=O) groups is 1. The molecule has 0 saturated carbocycles. The highest BCUT2D eigenvalue weighted by molar-refractivity contribution is 7.15. The van der Waals surface area contributed by atoms with Gasteiger partial charge in [0.25, 0.3) is 5.91 Å². The zero-order valence-electron chi connectivity index (χ0n) is 15.2. The van der Waals surface area contributed by atoms with E-state index in [9.17, 15) is 18.0 Å². The van der Waals surface area contributed by atoms with Crippen LogP contribution in [0.4, 0.5) is 18.9 Å². The minimum Gasteiger partial charge on any atom is -0.322 e. The number of benzene rings is 2. The number of nitrogens with zero attached hydrogens (tertiary/aromatic N) is 1. The van der Waals surface area contributed by atoms with Gasteiger partial charge >= 0.3 is 6.18 Å². The van der Waals surface area contributed by atoms with Crippen LogP contribution < -0.4 is 5.32 Å². The Hall–Kier alpha value is -3.19. The molecule has 0 fully saturated rings. The molecule has 4 aromatic rings. The summed E-state index contributed by atoms with van der Waals surface area (Å²) in [6, 6.07) is 17.4. The summed E-state index contributed by atoms with van der Waals surface area (Å²) in [6.45, 7) is 1.98. The Bertz CT molecular complexity index is 1210. The van der Waals surface area contributed by atoms with Crippen molar-refractivity contribution in [2.24, 2.45) is 0 Å². The minimum atomic E-state index is -4.48. The minimum absolute atomic E-state index is 0.0826. The topological polar surface area (TPSA) is 42.0 Å². The van der Waals surface area contributed by atoms with Gasteiger partial charge in [-0.05, 0) is 49.4 Å². The summed E-state index contributed by atoms with van der Waals surface area (Å²) in [5, 5.41) is 3.22. The molecule has 0 aliphatic rings. The molecule has 3 nitrogen and oxygen atoms in total. The van der Waals surface area contributed by atoms with Crippen molar-refractivity contribution in [1.82, 2.24) is 4.98 Å². The number of aromatic nitrogens is 1. The maximum absolute atomic E-state index is 13.0. The van der Waals surface area contributed by atoms with Crippen molar-refractivity contribution >= 4 is 33.8 Å². The van der Waals surface area contributed by atoms with Crippen molar-refractivity contribution in [2.45, 2.75) is 13.1 Å². The molecule has 7 heteroatoms. The molecule has 2 aromatic carbocycles. The van der Waals surface area contributed by atoms with Crippen LogP contribution in [-0.2, 0) is 6.18 Å². The number of nitrogens with one attached hydrogen (secondary N) is 1. The summed E-state index contributed by atoms with van der Waals surface area (Å²) < 4.78 is 38.9. The Labute approximate surface area is 168 Å². The quantitative estimate of drug-likeness (QED) is 0.415. The second-order valence-electron chi connectivity index (χ2n) is 6.52. The second kappa shape index (κ2) is 7.33. The predicted molar refractivity (Wildman–Crippen MR) is 109 cm³/mol. The molecule has 0 saturated heterocycles. The van der Waals surface area contributed by atoms with Gasteiger partial charge in [-0.3, -0.25) is 4.79 Å². The van der Waals surface area contributed by atoms with Gasteiger partial charge in [0.05, 0.1) is 27.2 Å². The zero-order valence-corrected chi connectivity index (χ0v) is 16.1. The lowest BCUT2D eigenvalue weighted by atomic mass is 10.1. The summed E-state index contributed by atoms with van der Waals surface area (Å²) in [7, 11) is 0. The maximum Gasteiger partial charge on any atom is 0.416 e. The van der Waals surface area contributed by atoms with Crippen molar-refractivity contribution in [2.75, 3.05) is 5.32 Å². The van der Waals surface area contributed by atoms with Gasteiger partial charge in [0, 0.05) is 16.0 Å². The molecule has 2 heterocycles. The van der Waals surface area contributed by atoms with Crippen LogP contribution in [0.5, 0.6) is 0 Å². The van der Waals surface area contributed by atoms with E-state index in [1.807, 2.05) is 25.1 Å². The van der Waals surface area contributed by atoms with Crippen LogP contribution in [0.2, 0.25) is 0 Å². The standard InChI is InChI=1S/C22H15F3N2OS/c1-13-9-10-20(29-13)19-12-17(16-7-2-3-8-18(16)27-19)21(28)26-15-6-4-5-14(11-15)22(23,24)25/h2-12H,1H3,(H,26,28). The highest BCUT2D eigenvalue weighted by Crippen LogP contribution is 2.32. The van der Waals surface area contributed by atoms with E-state index in [4.69, 9.17) is 0 Å². The third-order valence-electron chi connectivity index (χ3n) is 4.40. The average Bonchev–Trinajstić information content (AvgIpc) is 3.13. The molecule has 0 atom stereocenters. The highest BCUT2D eigenvalue weighted by atomic mass is 32.1. The Kier molecular flexibility index (Phi) is 4.84. The van der Waals surface area contributed by atoms with Gasteiger partial charge in [-0.2, -0.15) is 13.2 Å². The molecule has 0 aliphatic carbocycles. The molecule has 0 radical (unpaired) electrons. The van der Waals surface area contributed by atoms with Crippen molar-refractivity contribution in [3.63, 3.8) is 0 Å². The molecule has 0 aliphatic heterocycles. The predicted octanol–water partition coefficient (Wildman–Crippen LogP) is 6.54. The summed E-state index contributed by atoms with van der Waals surface area (Å²) in [4.78, 5) is 19.6. The van der Waals surface area contributed by atoms with Gasteiger partial charge in [0.15, 0.2) is 0 Å². The number of alkyl halides is 3. The van der Waals surface area contributed by atoms with Crippen LogP contribution >= 0.6 is 11.3 Å². The Morgan fingerprint density at radius 1 is 1.00 bits per heavy atom. The molecule has 0 bridgehead atoms. The molecular weight excluding hydrogens is 397 g/mol. The molecule has 29 heavy (non-hydrogen) atoms. The van der Waals surface area contributed by atoms with Crippen molar-refractivity contribution < 1.29 is 18.0 Å².